The van der Waals surface area contributed by atoms with E-state index in [4.69, 9.17) is 4.74 Å². The Morgan fingerprint density at radius 1 is 1.09 bits per heavy atom. The molecule has 23 heavy (non-hydrogen) atoms. The van der Waals surface area contributed by atoms with E-state index in [-0.39, 0.29) is 18.3 Å². The third kappa shape index (κ3) is 4.54. The standard InChI is InChI=1S/C17H17FN2O3/c1-20(2)17(22)12-7-9-13(10-8-12)19-16(21)11-23-15-6-4-3-5-14(15)18/h3-10H,11H2,1-2H3,(H,19,21). The summed E-state index contributed by atoms with van der Waals surface area (Å²) in [7, 11) is 3.33. The van der Waals surface area contributed by atoms with Crippen LogP contribution in [0.2, 0.25) is 0 Å². The normalized spacial score (nSPS) is 10.0. The molecule has 0 saturated carbocycles. The first kappa shape index (κ1) is 16.5. The summed E-state index contributed by atoms with van der Waals surface area (Å²) in [6.07, 6.45) is 0. The maximum atomic E-state index is 13.4. The van der Waals surface area contributed by atoms with Crippen molar-refractivity contribution in [3.05, 3.63) is 59.9 Å². The van der Waals surface area contributed by atoms with E-state index in [9.17, 15) is 14.0 Å². The van der Waals surface area contributed by atoms with Gasteiger partial charge in [-0.15, -0.1) is 0 Å². The van der Waals surface area contributed by atoms with Crippen molar-refractivity contribution in [1.82, 2.24) is 4.90 Å². The van der Waals surface area contributed by atoms with Crippen molar-refractivity contribution in [3.8, 4) is 5.75 Å². The lowest BCUT2D eigenvalue weighted by molar-refractivity contribution is -0.118. The summed E-state index contributed by atoms with van der Waals surface area (Å²) in [4.78, 5) is 25.0. The Morgan fingerprint density at radius 2 is 1.74 bits per heavy atom. The molecule has 0 unspecified atom stereocenters. The summed E-state index contributed by atoms with van der Waals surface area (Å²) < 4.78 is 18.5. The van der Waals surface area contributed by atoms with Crippen LogP contribution >= 0.6 is 0 Å². The average molecular weight is 316 g/mol. The van der Waals surface area contributed by atoms with Crippen LogP contribution in [0.1, 0.15) is 10.4 Å². The predicted molar refractivity (Wildman–Crippen MR) is 85.0 cm³/mol. The number of anilines is 1. The molecule has 0 radical (unpaired) electrons. The maximum absolute atomic E-state index is 13.4. The Hall–Kier alpha value is -2.89. The largest absolute Gasteiger partial charge is 0.481 e. The molecule has 2 aromatic carbocycles. The summed E-state index contributed by atoms with van der Waals surface area (Å²) in [5, 5.41) is 2.62. The van der Waals surface area contributed by atoms with Gasteiger partial charge in [-0.1, -0.05) is 12.1 Å². The van der Waals surface area contributed by atoms with Gasteiger partial charge in [0.05, 0.1) is 0 Å². The van der Waals surface area contributed by atoms with Gasteiger partial charge in [-0.05, 0) is 36.4 Å². The quantitative estimate of drug-likeness (QED) is 0.922. The van der Waals surface area contributed by atoms with Crippen molar-refractivity contribution < 1.29 is 18.7 Å². The number of halogens is 1. The highest BCUT2D eigenvalue weighted by molar-refractivity contribution is 5.95. The number of rotatable bonds is 5. The summed E-state index contributed by atoms with van der Waals surface area (Å²) >= 11 is 0. The minimum absolute atomic E-state index is 0.0228. The topological polar surface area (TPSA) is 58.6 Å². The zero-order valence-corrected chi connectivity index (χ0v) is 12.9. The molecule has 6 heteroatoms. The van der Waals surface area contributed by atoms with Gasteiger partial charge in [0.25, 0.3) is 11.8 Å². The van der Waals surface area contributed by atoms with Crippen molar-refractivity contribution in [2.24, 2.45) is 0 Å². The summed E-state index contributed by atoms with van der Waals surface area (Å²) in [6, 6.07) is 12.4. The molecule has 1 N–H and O–H groups in total. The van der Waals surface area contributed by atoms with Gasteiger partial charge in [0.15, 0.2) is 18.2 Å². The van der Waals surface area contributed by atoms with Gasteiger partial charge in [0, 0.05) is 25.3 Å². The zero-order valence-electron chi connectivity index (χ0n) is 12.9. The highest BCUT2D eigenvalue weighted by atomic mass is 19.1. The minimum Gasteiger partial charge on any atom is -0.481 e. The molecule has 5 nitrogen and oxygen atoms in total. The smallest absolute Gasteiger partial charge is 0.262 e. The van der Waals surface area contributed by atoms with Crippen molar-refractivity contribution in [2.75, 3.05) is 26.0 Å². The Balaban J connectivity index is 1.90. The first-order valence-corrected chi connectivity index (χ1v) is 6.96. The molecule has 0 bridgehead atoms. The lowest BCUT2D eigenvalue weighted by Gasteiger charge is -2.11. The SMILES string of the molecule is CN(C)C(=O)c1ccc(NC(=O)COc2ccccc2F)cc1. The third-order valence-corrected chi connectivity index (χ3v) is 3.02. The van der Waals surface area contributed by atoms with Gasteiger partial charge in [0.2, 0.25) is 0 Å². The lowest BCUT2D eigenvalue weighted by Crippen LogP contribution is -2.22. The van der Waals surface area contributed by atoms with E-state index in [2.05, 4.69) is 5.32 Å². The molecule has 0 aromatic heterocycles. The van der Waals surface area contributed by atoms with E-state index in [0.717, 1.165) is 0 Å². The van der Waals surface area contributed by atoms with Gasteiger partial charge in [-0.2, -0.15) is 0 Å². The molecule has 0 spiro atoms. The van der Waals surface area contributed by atoms with Gasteiger partial charge in [-0.3, -0.25) is 9.59 Å². The second-order valence-electron chi connectivity index (χ2n) is 5.04. The second-order valence-corrected chi connectivity index (χ2v) is 5.04. The van der Waals surface area contributed by atoms with Gasteiger partial charge in [-0.25, -0.2) is 4.39 Å². The maximum Gasteiger partial charge on any atom is 0.262 e. The van der Waals surface area contributed by atoms with Crippen molar-refractivity contribution in [2.45, 2.75) is 0 Å². The molecular weight excluding hydrogens is 299 g/mol. The number of carbonyl (C=O) groups excluding carboxylic acids is 2. The summed E-state index contributed by atoms with van der Waals surface area (Å²) in [5.41, 5.74) is 1.05. The molecule has 0 atom stereocenters. The van der Waals surface area contributed by atoms with Crippen molar-refractivity contribution in [1.29, 1.82) is 0 Å². The van der Waals surface area contributed by atoms with Crippen LogP contribution in [-0.4, -0.2) is 37.4 Å². The van der Waals surface area contributed by atoms with Crippen LogP contribution in [0.4, 0.5) is 10.1 Å². The van der Waals surface area contributed by atoms with Gasteiger partial charge >= 0.3 is 0 Å². The van der Waals surface area contributed by atoms with Crippen molar-refractivity contribution in [3.63, 3.8) is 0 Å². The number of ether oxygens (including phenoxy) is 1. The van der Waals surface area contributed by atoms with E-state index in [0.29, 0.717) is 11.3 Å². The number of para-hydroxylation sites is 1. The van der Waals surface area contributed by atoms with Crippen LogP contribution in [-0.2, 0) is 4.79 Å². The highest BCUT2D eigenvalue weighted by Gasteiger charge is 2.09. The fourth-order valence-electron chi connectivity index (χ4n) is 1.86. The summed E-state index contributed by atoms with van der Waals surface area (Å²) in [6.45, 7) is -0.306. The molecule has 0 aliphatic rings. The Bertz CT molecular complexity index is 699. The molecule has 120 valence electrons. The molecule has 0 aliphatic heterocycles. The van der Waals surface area contributed by atoms with Gasteiger partial charge in [0.1, 0.15) is 0 Å². The number of hydrogen-bond acceptors (Lipinski definition) is 3. The first-order valence-electron chi connectivity index (χ1n) is 6.96. The van der Waals surface area contributed by atoms with Crippen LogP contribution < -0.4 is 10.1 Å². The van der Waals surface area contributed by atoms with E-state index in [1.54, 1.807) is 50.5 Å². The molecule has 0 fully saturated rings. The number of carbonyl (C=O) groups is 2. The van der Waals surface area contributed by atoms with Crippen LogP contribution in [0.25, 0.3) is 0 Å². The highest BCUT2D eigenvalue weighted by Crippen LogP contribution is 2.15. The molecule has 2 rings (SSSR count). The number of nitrogens with zero attached hydrogens (tertiary/aromatic N) is 1. The molecule has 0 aliphatic carbocycles. The van der Waals surface area contributed by atoms with E-state index in [1.807, 2.05) is 0 Å². The predicted octanol–water partition coefficient (Wildman–Crippen LogP) is 2.55. The molecular formula is C17H17FN2O3. The van der Waals surface area contributed by atoms with Crippen LogP contribution in [0.3, 0.4) is 0 Å². The lowest BCUT2D eigenvalue weighted by atomic mass is 10.2. The van der Waals surface area contributed by atoms with Crippen molar-refractivity contribution >= 4 is 17.5 Å². The Morgan fingerprint density at radius 3 is 2.35 bits per heavy atom. The Kier molecular flexibility index (Phi) is 5.30. The van der Waals surface area contributed by atoms with E-state index < -0.39 is 11.7 Å². The zero-order chi connectivity index (χ0) is 16.8. The number of hydrogen-bond donors (Lipinski definition) is 1. The molecule has 0 saturated heterocycles. The van der Waals surface area contributed by atoms with Crippen LogP contribution in [0.5, 0.6) is 5.75 Å². The molecule has 2 aromatic rings. The second kappa shape index (κ2) is 7.40. The van der Waals surface area contributed by atoms with E-state index >= 15 is 0 Å². The minimum atomic E-state index is -0.521. The monoisotopic (exact) mass is 316 g/mol. The fourth-order valence-corrected chi connectivity index (χ4v) is 1.86. The van der Waals surface area contributed by atoms with Crippen LogP contribution in [0, 0.1) is 5.82 Å². The fraction of sp³-hybridized carbons (Fsp3) is 0.176. The average Bonchev–Trinajstić information content (AvgIpc) is 2.54. The van der Waals surface area contributed by atoms with E-state index in [1.165, 1.54) is 17.0 Å². The third-order valence-electron chi connectivity index (χ3n) is 3.02. The molecule has 0 heterocycles. The summed E-state index contributed by atoms with van der Waals surface area (Å²) in [5.74, 6) is -1.04. The number of nitrogens with one attached hydrogen (secondary N) is 1. The Labute approximate surface area is 133 Å². The number of benzene rings is 2. The van der Waals surface area contributed by atoms with Gasteiger partial charge < -0.3 is 15.0 Å². The first-order chi connectivity index (χ1) is 11.0. The molecule has 2 amide bonds. The van der Waals surface area contributed by atoms with Crippen LogP contribution in [0.15, 0.2) is 48.5 Å². The number of amides is 2.